The third-order valence-electron chi connectivity index (χ3n) is 1.98. The summed E-state index contributed by atoms with van der Waals surface area (Å²) < 4.78 is 24.9. The third-order valence-corrected chi connectivity index (χ3v) is 5.00. The van der Waals surface area contributed by atoms with Crippen molar-refractivity contribution in [2.45, 2.75) is 18.4 Å². The molecule has 1 aromatic rings. The Morgan fingerprint density at radius 1 is 1.57 bits per heavy atom. The zero-order valence-corrected chi connectivity index (χ0v) is 9.86. The van der Waals surface area contributed by atoms with Crippen molar-refractivity contribution < 1.29 is 8.42 Å². The van der Waals surface area contributed by atoms with Crippen LogP contribution in [-0.4, -0.2) is 26.3 Å². The molecule has 80 valence electrons. The Morgan fingerprint density at radius 3 is 2.64 bits per heavy atom. The quantitative estimate of drug-likeness (QED) is 0.840. The zero-order valence-electron chi connectivity index (χ0n) is 8.23. The van der Waals surface area contributed by atoms with Crippen molar-refractivity contribution in [3.63, 3.8) is 0 Å². The fraction of sp³-hybridized carbons (Fsp3) is 0.500. The average Bonchev–Trinajstić information content (AvgIpc) is 2.65. The van der Waals surface area contributed by atoms with Crippen molar-refractivity contribution in [2.24, 2.45) is 5.73 Å². The fourth-order valence-electron chi connectivity index (χ4n) is 0.953. The molecule has 0 aromatic carbocycles. The lowest BCUT2D eigenvalue weighted by molar-refractivity contribution is 0.486. The lowest BCUT2D eigenvalue weighted by Crippen LogP contribution is -2.26. The highest BCUT2D eigenvalue weighted by atomic mass is 32.2. The molecule has 0 saturated carbocycles. The minimum Gasteiger partial charge on any atom is -0.326 e. The number of rotatable bonds is 4. The van der Waals surface area contributed by atoms with Crippen LogP contribution in [-0.2, 0) is 16.6 Å². The second-order valence-electron chi connectivity index (χ2n) is 2.87. The summed E-state index contributed by atoms with van der Waals surface area (Å²) in [6, 6.07) is 1.63. The summed E-state index contributed by atoms with van der Waals surface area (Å²) in [4.78, 5) is 1.22. The molecule has 0 aliphatic carbocycles. The monoisotopic (exact) mass is 234 g/mol. The molecule has 0 aliphatic heterocycles. The minimum absolute atomic E-state index is 0.340. The molecule has 6 heteroatoms. The van der Waals surface area contributed by atoms with Crippen LogP contribution in [0.5, 0.6) is 0 Å². The molecule has 1 heterocycles. The highest BCUT2D eigenvalue weighted by molar-refractivity contribution is 7.89. The summed E-state index contributed by atoms with van der Waals surface area (Å²) >= 11 is 1.37. The van der Waals surface area contributed by atoms with Crippen LogP contribution in [0, 0.1) is 0 Å². The second-order valence-corrected chi connectivity index (χ2v) is 5.91. The van der Waals surface area contributed by atoms with Crippen LogP contribution >= 0.6 is 11.3 Å². The first-order chi connectivity index (χ1) is 6.52. The van der Waals surface area contributed by atoms with Gasteiger partial charge in [0.15, 0.2) is 0 Å². The Labute approximate surface area is 88.4 Å². The van der Waals surface area contributed by atoms with Crippen molar-refractivity contribution in [1.29, 1.82) is 0 Å². The topological polar surface area (TPSA) is 63.4 Å². The molecule has 2 N–H and O–H groups in total. The molecule has 0 spiro atoms. The van der Waals surface area contributed by atoms with Gasteiger partial charge in [0.05, 0.1) is 4.90 Å². The number of sulfonamides is 1. The maximum absolute atomic E-state index is 11.8. The summed E-state index contributed by atoms with van der Waals surface area (Å²) in [5.41, 5.74) is 5.42. The summed E-state index contributed by atoms with van der Waals surface area (Å²) in [5, 5.41) is 1.63. The van der Waals surface area contributed by atoms with Crippen LogP contribution in [0.3, 0.4) is 0 Å². The van der Waals surface area contributed by atoms with E-state index < -0.39 is 10.0 Å². The number of hydrogen-bond acceptors (Lipinski definition) is 4. The van der Waals surface area contributed by atoms with E-state index in [-0.39, 0.29) is 0 Å². The number of hydrogen-bond donors (Lipinski definition) is 1. The molecular formula is C8H14N2O2S2. The van der Waals surface area contributed by atoms with E-state index in [0.717, 1.165) is 4.88 Å². The van der Waals surface area contributed by atoms with E-state index in [2.05, 4.69) is 0 Å². The first-order valence-corrected chi connectivity index (χ1v) is 6.58. The predicted molar refractivity (Wildman–Crippen MR) is 57.7 cm³/mol. The van der Waals surface area contributed by atoms with Gasteiger partial charge in [0.2, 0.25) is 10.0 Å². The summed E-state index contributed by atoms with van der Waals surface area (Å²) in [7, 11) is -1.73. The van der Waals surface area contributed by atoms with E-state index in [9.17, 15) is 8.42 Å². The molecule has 0 amide bonds. The molecule has 0 fully saturated rings. The first kappa shape index (κ1) is 11.6. The molecule has 0 aliphatic rings. The fourth-order valence-corrected chi connectivity index (χ4v) is 3.28. The van der Waals surface area contributed by atoms with E-state index >= 15 is 0 Å². The molecule has 0 saturated heterocycles. The van der Waals surface area contributed by atoms with E-state index in [1.54, 1.807) is 25.4 Å². The Kier molecular flexibility index (Phi) is 3.65. The number of nitrogens with zero attached hydrogens (tertiary/aromatic N) is 1. The summed E-state index contributed by atoms with van der Waals surface area (Å²) in [5.74, 6) is 0. The molecule has 14 heavy (non-hydrogen) atoms. The van der Waals surface area contributed by atoms with E-state index in [1.807, 2.05) is 0 Å². The van der Waals surface area contributed by atoms with Crippen molar-refractivity contribution in [3.05, 3.63) is 16.3 Å². The smallest absolute Gasteiger partial charge is 0.243 e. The van der Waals surface area contributed by atoms with Gasteiger partial charge in [-0.05, 0) is 6.07 Å². The van der Waals surface area contributed by atoms with Crippen molar-refractivity contribution in [1.82, 2.24) is 4.31 Å². The maximum atomic E-state index is 11.8. The van der Waals surface area contributed by atoms with Crippen LogP contribution in [0.1, 0.15) is 11.8 Å². The van der Waals surface area contributed by atoms with Crippen LogP contribution in [0.15, 0.2) is 16.3 Å². The minimum atomic E-state index is -3.29. The second kappa shape index (κ2) is 4.39. The Balaban J connectivity index is 3.04. The van der Waals surface area contributed by atoms with Crippen LogP contribution in [0.2, 0.25) is 0 Å². The predicted octanol–water partition coefficient (Wildman–Crippen LogP) is 0.847. The lowest BCUT2D eigenvalue weighted by Gasteiger charge is -2.12. The molecule has 1 rings (SSSR count). The zero-order chi connectivity index (χ0) is 10.8. The van der Waals surface area contributed by atoms with E-state index in [1.165, 1.54) is 15.6 Å². The molecule has 0 bridgehead atoms. The van der Waals surface area contributed by atoms with Gasteiger partial charge in [-0.15, -0.1) is 11.3 Å². The Morgan fingerprint density at radius 2 is 2.21 bits per heavy atom. The van der Waals surface area contributed by atoms with Gasteiger partial charge in [0.1, 0.15) is 0 Å². The van der Waals surface area contributed by atoms with Gasteiger partial charge in [-0.1, -0.05) is 6.92 Å². The van der Waals surface area contributed by atoms with Crippen LogP contribution < -0.4 is 5.73 Å². The van der Waals surface area contributed by atoms with Crippen molar-refractivity contribution in [2.75, 3.05) is 13.6 Å². The molecule has 0 atom stereocenters. The molecular weight excluding hydrogens is 220 g/mol. The highest BCUT2D eigenvalue weighted by Crippen LogP contribution is 2.21. The van der Waals surface area contributed by atoms with Crippen molar-refractivity contribution in [3.8, 4) is 0 Å². The average molecular weight is 234 g/mol. The number of nitrogens with two attached hydrogens (primary N) is 1. The first-order valence-electron chi connectivity index (χ1n) is 4.26. The van der Waals surface area contributed by atoms with Gasteiger partial charge in [-0.25, -0.2) is 12.7 Å². The molecule has 1 aromatic heterocycles. The van der Waals surface area contributed by atoms with Gasteiger partial charge in [-0.3, -0.25) is 0 Å². The maximum Gasteiger partial charge on any atom is 0.243 e. The normalized spacial score (nSPS) is 12.3. The van der Waals surface area contributed by atoms with Crippen LogP contribution in [0.4, 0.5) is 0 Å². The van der Waals surface area contributed by atoms with E-state index in [0.29, 0.717) is 18.0 Å². The lowest BCUT2D eigenvalue weighted by atomic mass is 10.5. The molecule has 0 radical (unpaired) electrons. The van der Waals surface area contributed by atoms with Crippen molar-refractivity contribution >= 4 is 21.4 Å². The highest BCUT2D eigenvalue weighted by Gasteiger charge is 2.20. The molecule has 4 nitrogen and oxygen atoms in total. The van der Waals surface area contributed by atoms with Gasteiger partial charge < -0.3 is 5.73 Å². The number of thiophene rings is 1. The largest absolute Gasteiger partial charge is 0.326 e. The standard InChI is InChI=1S/C8H14N2O2S2/c1-3-10(2)14(11,12)8-4-7(5-9)13-6-8/h4,6H,3,5,9H2,1-2H3. The van der Waals surface area contributed by atoms with Gasteiger partial charge in [0, 0.05) is 30.4 Å². The van der Waals surface area contributed by atoms with Gasteiger partial charge in [0.25, 0.3) is 0 Å². The summed E-state index contributed by atoms with van der Waals surface area (Å²) in [6.45, 7) is 2.65. The SMILES string of the molecule is CCN(C)S(=O)(=O)c1csc(CN)c1. The van der Waals surface area contributed by atoms with Crippen LogP contribution in [0.25, 0.3) is 0 Å². The van der Waals surface area contributed by atoms with Gasteiger partial charge in [-0.2, -0.15) is 0 Å². The third kappa shape index (κ3) is 2.14. The Bertz CT molecular complexity index is 397. The van der Waals surface area contributed by atoms with E-state index in [4.69, 9.17) is 5.73 Å². The molecule has 0 unspecified atom stereocenters. The Hall–Kier alpha value is -0.430. The summed E-state index contributed by atoms with van der Waals surface area (Å²) in [6.07, 6.45) is 0. The van der Waals surface area contributed by atoms with Gasteiger partial charge >= 0.3 is 0 Å².